The van der Waals surface area contributed by atoms with Gasteiger partial charge >= 0.3 is 0 Å². The van der Waals surface area contributed by atoms with Gasteiger partial charge in [0.25, 0.3) is 10.0 Å². The first kappa shape index (κ1) is 14.4. The Morgan fingerprint density at radius 1 is 1.40 bits per heavy atom. The van der Waals surface area contributed by atoms with Gasteiger partial charge in [-0.25, -0.2) is 8.42 Å². The molecule has 0 saturated carbocycles. The third kappa shape index (κ3) is 2.77. The van der Waals surface area contributed by atoms with E-state index in [9.17, 15) is 8.42 Å². The largest absolute Gasteiger partial charge is 0.398 e. The first-order chi connectivity index (χ1) is 9.33. The monoisotopic (exact) mass is 294 g/mol. The summed E-state index contributed by atoms with van der Waals surface area (Å²) in [6.07, 6.45) is 2.39. The van der Waals surface area contributed by atoms with Crippen LogP contribution in [0.2, 0.25) is 0 Å². The van der Waals surface area contributed by atoms with Gasteiger partial charge in [-0.1, -0.05) is 13.0 Å². The molecule has 0 aliphatic heterocycles. The summed E-state index contributed by atoms with van der Waals surface area (Å²) in [5.74, 6) is 0. The van der Waals surface area contributed by atoms with Crippen LogP contribution in [-0.2, 0) is 23.5 Å². The van der Waals surface area contributed by atoms with Crippen LogP contribution in [0.25, 0.3) is 0 Å². The van der Waals surface area contributed by atoms with Crippen LogP contribution >= 0.6 is 0 Å². The van der Waals surface area contributed by atoms with Crippen LogP contribution in [0.4, 0.5) is 11.4 Å². The Hall–Kier alpha value is -2.02. The lowest BCUT2D eigenvalue weighted by Gasteiger charge is -2.09. The number of aromatic nitrogens is 2. The van der Waals surface area contributed by atoms with E-state index in [1.54, 1.807) is 37.0 Å². The van der Waals surface area contributed by atoms with E-state index < -0.39 is 10.0 Å². The molecule has 1 aromatic carbocycles. The van der Waals surface area contributed by atoms with E-state index in [1.165, 1.54) is 6.07 Å². The zero-order valence-corrected chi connectivity index (χ0v) is 12.5. The lowest BCUT2D eigenvalue weighted by atomic mass is 10.1. The van der Waals surface area contributed by atoms with Gasteiger partial charge in [-0.3, -0.25) is 9.40 Å². The second kappa shape index (κ2) is 5.16. The van der Waals surface area contributed by atoms with E-state index in [4.69, 9.17) is 5.73 Å². The van der Waals surface area contributed by atoms with Gasteiger partial charge in [0.2, 0.25) is 0 Å². The fourth-order valence-electron chi connectivity index (χ4n) is 1.97. The number of nitrogen functional groups attached to an aromatic ring is 1. The van der Waals surface area contributed by atoms with Crippen molar-refractivity contribution < 1.29 is 8.42 Å². The fourth-order valence-corrected chi connectivity index (χ4v) is 3.10. The number of nitrogens with two attached hydrogens (primary N) is 1. The summed E-state index contributed by atoms with van der Waals surface area (Å²) in [6, 6.07) is 4.77. The molecule has 0 fully saturated rings. The molecule has 2 rings (SSSR count). The Labute approximate surface area is 118 Å². The zero-order valence-electron chi connectivity index (χ0n) is 11.7. The van der Waals surface area contributed by atoms with Crippen LogP contribution < -0.4 is 10.5 Å². The van der Waals surface area contributed by atoms with Crippen LogP contribution in [0.3, 0.4) is 0 Å². The highest BCUT2D eigenvalue weighted by Gasteiger charge is 2.17. The standard InChI is InChI=1S/C13H18N4O2S/c1-4-10-5-6-11(7-12(10)14)20(18,19)16-13-8-17(3)15-9(13)2/h5-8,16H,4,14H2,1-3H3. The average molecular weight is 294 g/mol. The SMILES string of the molecule is CCc1ccc(S(=O)(=O)Nc2cn(C)nc2C)cc1N. The summed E-state index contributed by atoms with van der Waals surface area (Å²) in [6.45, 7) is 3.71. The highest BCUT2D eigenvalue weighted by molar-refractivity contribution is 7.92. The van der Waals surface area contributed by atoms with Gasteiger partial charge in [-0.05, 0) is 31.0 Å². The van der Waals surface area contributed by atoms with Crippen LogP contribution in [0.15, 0.2) is 29.3 Å². The van der Waals surface area contributed by atoms with Crippen molar-refractivity contribution in [1.29, 1.82) is 0 Å². The molecule has 0 saturated heterocycles. The summed E-state index contributed by atoms with van der Waals surface area (Å²) < 4.78 is 28.7. The number of hydrogen-bond acceptors (Lipinski definition) is 4. The van der Waals surface area contributed by atoms with Crippen molar-refractivity contribution in [3.63, 3.8) is 0 Å². The summed E-state index contributed by atoms with van der Waals surface area (Å²) in [4.78, 5) is 0.149. The molecular formula is C13H18N4O2S. The Bertz CT molecular complexity index is 735. The first-order valence-electron chi connectivity index (χ1n) is 6.25. The third-order valence-corrected chi connectivity index (χ3v) is 4.43. The molecule has 0 unspecified atom stereocenters. The summed E-state index contributed by atoms with van der Waals surface area (Å²) >= 11 is 0. The minimum atomic E-state index is -3.65. The Kier molecular flexibility index (Phi) is 3.71. The molecule has 1 aromatic heterocycles. The molecule has 2 aromatic rings. The van der Waals surface area contributed by atoms with Crippen molar-refractivity contribution in [1.82, 2.24) is 9.78 Å². The van der Waals surface area contributed by atoms with Gasteiger partial charge in [0.1, 0.15) is 0 Å². The molecule has 0 spiro atoms. The topological polar surface area (TPSA) is 90.0 Å². The molecule has 0 bridgehead atoms. The minimum Gasteiger partial charge on any atom is -0.398 e. The van der Waals surface area contributed by atoms with Crippen molar-refractivity contribution in [2.45, 2.75) is 25.2 Å². The van der Waals surface area contributed by atoms with Crippen molar-refractivity contribution >= 4 is 21.4 Å². The highest BCUT2D eigenvalue weighted by Crippen LogP contribution is 2.22. The number of sulfonamides is 1. The molecule has 6 nitrogen and oxygen atoms in total. The van der Waals surface area contributed by atoms with Gasteiger partial charge in [0.05, 0.1) is 16.3 Å². The number of nitrogens with zero attached hydrogens (tertiary/aromatic N) is 2. The van der Waals surface area contributed by atoms with Gasteiger partial charge in [0.15, 0.2) is 0 Å². The molecule has 1 heterocycles. The van der Waals surface area contributed by atoms with E-state index in [0.717, 1.165) is 12.0 Å². The first-order valence-corrected chi connectivity index (χ1v) is 7.73. The van der Waals surface area contributed by atoms with Crippen molar-refractivity contribution in [3.8, 4) is 0 Å². The van der Waals surface area contributed by atoms with E-state index in [-0.39, 0.29) is 4.90 Å². The van der Waals surface area contributed by atoms with E-state index in [2.05, 4.69) is 9.82 Å². The molecule has 0 aliphatic carbocycles. The molecule has 3 N–H and O–H groups in total. The van der Waals surface area contributed by atoms with Crippen molar-refractivity contribution in [3.05, 3.63) is 35.7 Å². The lowest BCUT2D eigenvalue weighted by Crippen LogP contribution is -2.13. The Balaban J connectivity index is 2.35. The number of hydrogen-bond donors (Lipinski definition) is 2. The fraction of sp³-hybridized carbons (Fsp3) is 0.308. The quantitative estimate of drug-likeness (QED) is 0.839. The molecule has 7 heteroatoms. The normalized spacial score (nSPS) is 11.6. The maximum atomic E-state index is 12.3. The maximum absolute atomic E-state index is 12.3. The van der Waals surface area contributed by atoms with Gasteiger partial charge in [0, 0.05) is 18.9 Å². The number of rotatable bonds is 4. The molecule has 0 amide bonds. The second-order valence-corrected chi connectivity index (χ2v) is 6.30. The van der Waals surface area contributed by atoms with Gasteiger partial charge in [-0.15, -0.1) is 0 Å². The molecule has 108 valence electrons. The zero-order chi connectivity index (χ0) is 14.9. The van der Waals surface area contributed by atoms with Crippen molar-refractivity contribution in [2.75, 3.05) is 10.5 Å². The van der Waals surface area contributed by atoms with Crippen LogP contribution in [0.5, 0.6) is 0 Å². The number of anilines is 2. The molecule has 0 atom stereocenters. The van der Waals surface area contributed by atoms with Crippen LogP contribution in [0.1, 0.15) is 18.2 Å². The smallest absolute Gasteiger partial charge is 0.262 e. The Morgan fingerprint density at radius 3 is 2.60 bits per heavy atom. The molecule has 20 heavy (non-hydrogen) atoms. The second-order valence-electron chi connectivity index (χ2n) is 4.62. The Morgan fingerprint density at radius 2 is 2.10 bits per heavy atom. The van der Waals surface area contributed by atoms with E-state index >= 15 is 0 Å². The highest BCUT2D eigenvalue weighted by atomic mass is 32.2. The third-order valence-electron chi connectivity index (χ3n) is 3.07. The van der Waals surface area contributed by atoms with Gasteiger partial charge in [-0.2, -0.15) is 5.10 Å². The summed E-state index contributed by atoms with van der Waals surface area (Å²) in [5.41, 5.74) is 8.35. The predicted octanol–water partition coefficient (Wildman–Crippen LogP) is 1.67. The number of benzene rings is 1. The minimum absolute atomic E-state index is 0.149. The average Bonchev–Trinajstić information content (AvgIpc) is 2.67. The summed E-state index contributed by atoms with van der Waals surface area (Å²) in [5, 5.41) is 4.10. The summed E-state index contributed by atoms with van der Waals surface area (Å²) in [7, 11) is -1.92. The predicted molar refractivity (Wildman–Crippen MR) is 79.0 cm³/mol. The van der Waals surface area contributed by atoms with Crippen LogP contribution in [-0.4, -0.2) is 18.2 Å². The molecule has 0 radical (unpaired) electrons. The van der Waals surface area contributed by atoms with Crippen LogP contribution in [0, 0.1) is 6.92 Å². The number of nitrogens with one attached hydrogen (secondary N) is 1. The van der Waals surface area contributed by atoms with E-state index in [0.29, 0.717) is 17.1 Å². The maximum Gasteiger partial charge on any atom is 0.262 e. The van der Waals surface area contributed by atoms with Gasteiger partial charge < -0.3 is 5.73 Å². The number of aryl methyl sites for hydroxylation is 3. The van der Waals surface area contributed by atoms with Crippen molar-refractivity contribution in [2.24, 2.45) is 7.05 Å². The molecule has 0 aliphatic rings. The molecular weight excluding hydrogens is 276 g/mol. The van der Waals surface area contributed by atoms with E-state index in [1.807, 2.05) is 6.92 Å². The lowest BCUT2D eigenvalue weighted by molar-refractivity contribution is 0.601.